The second-order valence-electron chi connectivity index (χ2n) is 1.38. The highest BCUT2D eigenvalue weighted by Gasteiger charge is 1.91. The molecule has 1 heterocycles. The van der Waals surface area contributed by atoms with Crippen LogP contribution in [-0.4, -0.2) is 5.16 Å². The maximum Gasteiger partial charge on any atom is 0.169 e. The standard InChI is InChI=1S/C4H6N2O/c1-3-2-7-6-4(3)5/h2H,1H3,(H2,5,6). The summed E-state index contributed by atoms with van der Waals surface area (Å²) in [7, 11) is 0. The zero-order chi connectivity index (χ0) is 5.28. The SMILES string of the molecule is Cc1conc1N. The molecule has 0 spiro atoms. The van der Waals surface area contributed by atoms with E-state index in [9.17, 15) is 0 Å². The van der Waals surface area contributed by atoms with Crippen LogP contribution in [0.2, 0.25) is 0 Å². The van der Waals surface area contributed by atoms with Crippen LogP contribution in [0.1, 0.15) is 5.56 Å². The van der Waals surface area contributed by atoms with Gasteiger partial charge in [0.15, 0.2) is 5.82 Å². The lowest BCUT2D eigenvalue weighted by Crippen LogP contribution is -1.84. The summed E-state index contributed by atoms with van der Waals surface area (Å²) in [5.74, 6) is 0.472. The van der Waals surface area contributed by atoms with Gasteiger partial charge < -0.3 is 10.3 Å². The van der Waals surface area contributed by atoms with Gasteiger partial charge in [0.2, 0.25) is 0 Å². The molecule has 0 aliphatic heterocycles. The average molecular weight is 98.1 g/mol. The summed E-state index contributed by atoms with van der Waals surface area (Å²) < 4.78 is 4.47. The van der Waals surface area contributed by atoms with E-state index < -0.39 is 0 Å². The third-order valence-corrected chi connectivity index (χ3v) is 0.785. The molecule has 2 N–H and O–H groups in total. The van der Waals surface area contributed by atoms with Gasteiger partial charge in [0, 0.05) is 5.56 Å². The van der Waals surface area contributed by atoms with Crippen LogP contribution in [0.3, 0.4) is 0 Å². The number of aryl methyl sites for hydroxylation is 1. The lowest BCUT2D eigenvalue weighted by Gasteiger charge is -1.75. The second kappa shape index (κ2) is 1.26. The van der Waals surface area contributed by atoms with Crippen LogP contribution in [0.15, 0.2) is 10.8 Å². The summed E-state index contributed by atoms with van der Waals surface area (Å²) in [5, 5.41) is 3.42. The van der Waals surface area contributed by atoms with Gasteiger partial charge in [-0.3, -0.25) is 0 Å². The first-order valence-electron chi connectivity index (χ1n) is 1.97. The molecular formula is C4H6N2O. The van der Waals surface area contributed by atoms with Crippen LogP contribution in [-0.2, 0) is 0 Å². The van der Waals surface area contributed by atoms with Crippen LogP contribution in [0.25, 0.3) is 0 Å². The van der Waals surface area contributed by atoms with Crippen molar-refractivity contribution in [1.29, 1.82) is 0 Å². The Hall–Kier alpha value is -0.990. The van der Waals surface area contributed by atoms with Crippen LogP contribution in [0.4, 0.5) is 5.82 Å². The minimum absolute atomic E-state index is 0.472. The summed E-state index contributed by atoms with van der Waals surface area (Å²) in [6.45, 7) is 1.84. The summed E-state index contributed by atoms with van der Waals surface area (Å²) in [5.41, 5.74) is 6.12. The topological polar surface area (TPSA) is 52.0 Å². The van der Waals surface area contributed by atoms with Gasteiger partial charge in [-0.15, -0.1) is 0 Å². The van der Waals surface area contributed by atoms with E-state index in [1.807, 2.05) is 6.92 Å². The fraction of sp³-hybridized carbons (Fsp3) is 0.250. The maximum atomic E-state index is 5.23. The molecule has 7 heavy (non-hydrogen) atoms. The van der Waals surface area contributed by atoms with Gasteiger partial charge in [-0.2, -0.15) is 0 Å². The predicted octanol–water partition coefficient (Wildman–Crippen LogP) is 0.565. The van der Waals surface area contributed by atoms with Gasteiger partial charge in [-0.1, -0.05) is 5.16 Å². The van der Waals surface area contributed by atoms with Crippen LogP contribution in [0, 0.1) is 6.92 Å². The van der Waals surface area contributed by atoms with Crippen molar-refractivity contribution >= 4 is 5.82 Å². The number of hydrogen-bond donors (Lipinski definition) is 1. The highest BCUT2D eigenvalue weighted by molar-refractivity contribution is 5.33. The third-order valence-electron chi connectivity index (χ3n) is 0.785. The van der Waals surface area contributed by atoms with Crippen LogP contribution in [0.5, 0.6) is 0 Å². The number of aromatic nitrogens is 1. The molecule has 0 saturated carbocycles. The Bertz CT molecular complexity index is 142. The number of rotatable bonds is 0. The molecule has 0 saturated heterocycles. The number of anilines is 1. The lowest BCUT2D eigenvalue weighted by atomic mass is 10.4. The first-order chi connectivity index (χ1) is 3.30. The van der Waals surface area contributed by atoms with Crippen molar-refractivity contribution in [3.63, 3.8) is 0 Å². The average Bonchev–Trinajstić information content (AvgIpc) is 1.91. The van der Waals surface area contributed by atoms with E-state index in [4.69, 9.17) is 5.73 Å². The Morgan fingerprint density at radius 1 is 1.86 bits per heavy atom. The highest BCUT2D eigenvalue weighted by Crippen LogP contribution is 2.03. The van der Waals surface area contributed by atoms with Gasteiger partial charge in [0.1, 0.15) is 6.26 Å². The van der Waals surface area contributed by atoms with Crippen molar-refractivity contribution in [2.24, 2.45) is 0 Å². The Morgan fingerprint density at radius 2 is 2.57 bits per heavy atom. The van der Waals surface area contributed by atoms with E-state index in [0.717, 1.165) is 5.56 Å². The Balaban J connectivity index is 3.12. The van der Waals surface area contributed by atoms with E-state index in [0.29, 0.717) is 5.82 Å². The molecule has 1 aromatic heterocycles. The van der Waals surface area contributed by atoms with Gasteiger partial charge in [0.05, 0.1) is 0 Å². The van der Waals surface area contributed by atoms with Crippen molar-refractivity contribution in [3.05, 3.63) is 11.8 Å². The van der Waals surface area contributed by atoms with E-state index in [-0.39, 0.29) is 0 Å². The molecule has 0 aliphatic rings. The zero-order valence-corrected chi connectivity index (χ0v) is 4.01. The van der Waals surface area contributed by atoms with Gasteiger partial charge in [0.25, 0.3) is 0 Å². The molecule has 3 nitrogen and oxygen atoms in total. The van der Waals surface area contributed by atoms with E-state index in [1.54, 1.807) is 0 Å². The first kappa shape index (κ1) is 4.18. The van der Waals surface area contributed by atoms with Gasteiger partial charge in [-0.25, -0.2) is 0 Å². The molecule has 0 radical (unpaired) electrons. The van der Waals surface area contributed by atoms with Crippen molar-refractivity contribution < 1.29 is 4.52 Å². The Kier molecular flexibility index (Phi) is 0.749. The third kappa shape index (κ3) is 0.559. The molecule has 0 fully saturated rings. The maximum absolute atomic E-state index is 5.23. The molecule has 0 amide bonds. The van der Waals surface area contributed by atoms with E-state index >= 15 is 0 Å². The van der Waals surface area contributed by atoms with Gasteiger partial charge in [-0.05, 0) is 6.92 Å². The van der Waals surface area contributed by atoms with Crippen LogP contribution >= 0.6 is 0 Å². The summed E-state index contributed by atoms with van der Waals surface area (Å²) in [4.78, 5) is 0. The minimum Gasteiger partial charge on any atom is -0.381 e. The lowest BCUT2D eigenvalue weighted by molar-refractivity contribution is 0.422. The normalized spacial score (nSPS) is 9.29. The van der Waals surface area contributed by atoms with Crippen molar-refractivity contribution in [1.82, 2.24) is 5.16 Å². The quantitative estimate of drug-likeness (QED) is 0.516. The molecule has 0 unspecified atom stereocenters. The molecule has 1 rings (SSSR count). The number of nitrogen functional groups attached to an aromatic ring is 1. The Labute approximate surface area is 41.1 Å². The van der Waals surface area contributed by atoms with Gasteiger partial charge >= 0.3 is 0 Å². The van der Waals surface area contributed by atoms with E-state index in [1.165, 1.54) is 6.26 Å². The molecule has 38 valence electrons. The largest absolute Gasteiger partial charge is 0.381 e. The summed E-state index contributed by atoms with van der Waals surface area (Å²) in [6.07, 6.45) is 1.51. The molecule has 0 aromatic carbocycles. The molecule has 0 atom stereocenters. The Morgan fingerprint density at radius 3 is 2.71 bits per heavy atom. The van der Waals surface area contributed by atoms with E-state index in [2.05, 4.69) is 9.68 Å². The molecule has 3 heteroatoms. The molecule has 1 aromatic rings. The smallest absolute Gasteiger partial charge is 0.169 e. The fourth-order valence-electron chi connectivity index (χ4n) is 0.295. The molecule has 0 bridgehead atoms. The fourth-order valence-corrected chi connectivity index (χ4v) is 0.295. The number of hydrogen-bond acceptors (Lipinski definition) is 3. The minimum atomic E-state index is 0.472. The number of nitrogens with two attached hydrogens (primary N) is 1. The monoisotopic (exact) mass is 98.0 g/mol. The zero-order valence-electron chi connectivity index (χ0n) is 4.01. The first-order valence-corrected chi connectivity index (χ1v) is 1.97. The molecule has 0 aliphatic carbocycles. The summed E-state index contributed by atoms with van der Waals surface area (Å²) in [6, 6.07) is 0. The van der Waals surface area contributed by atoms with Crippen molar-refractivity contribution in [3.8, 4) is 0 Å². The second-order valence-corrected chi connectivity index (χ2v) is 1.38. The molecular weight excluding hydrogens is 92.1 g/mol. The predicted molar refractivity (Wildman–Crippen MR) is 25.7 cm³/mol. The number of nitrogens with zero attached hydrogens (tertiary/aromatic N) is 1. The van der Waals surface area contributed by atoms with Crippen molar-refractivity contribution in [2.45, 2.75) is 6.92 Å². The van der Waals surface area contributed by atoms with Crippen LogP contribution < -0.4 is 5.73 Å². The summed E-state index contributed by atoms with van der Waals surface area (Å²) >= 11 is 0. The highest BCUT2D eigenvalue weighted by atomic mass is 16.5. The van der Waals surface area contributed by atoms with Crippen molar-refractivity contribution in [2.75, 3.05) is 5.73 Å².